The van der Waals surface area contributed by atoms with Gasteiger partial charge in [0.1, 0.15) is 10.7 Å². The minimum absolute atomic E-state index is 0.00998. The van der Waals surface area contributed by atoms with Crippen molar-refractivity contribution in [1.82, 2.24) is 9.03 Å². The van der Waals surface area contributed by atoms with E-state index in [0.717, 1.165) is 28.6 Å². The van der Waals surface area contributed by atoms with Gasteiger partial charge in [-0.25, -0.2) is 30.3 Å². The number of amides is 1. The molecule has 146 valence electrons. The van der Waals surface area contributed by atoms with Crippen LogP contribution in [0, 0.1) is 5.82 Å². The van der Waals surface area contributed by atoms with E-state index < -0.39 is 36.7 Å². The molecule has 2 rings (SSSR count). The highest BCUT2D eigenvalue weighted by Gasteiger charge is 2.25. The monoisotopic (exact) mass is 498 g/mol. The fraction of sp³-hybridized carbons (Fsp3) is 0.133. The molecule has 0 aliphatic heterocycles. The van der Waals surface area contributed by atoms with Crippen molar-refractivity contribution in [3.8, 4) is 0 Å². The Kier molecular flexibility index (Phi) is 6.32. The van der Waals surface area contributed by atoms with Gasteiger partial charge >= 0.3 is 0 Å². The highest BCUT2D eigenvalue weighted by molar-refractivity contribution is 9.10. The van der Waals surface area contributed by atoms with Gasteiger partial charge in [-0.1, -0.05) is 11.6 Å². The summed E-state index contributed by atoms with van der Waals surface area (Å²) in [5.74, 6) is -2.25. The third-order valence-electron chi connectivity index (χ3n) is 3.36. The maximum absolute atomic E-state index is 13.9. The van der Waals surface area contributed by atoms with Gasteiger partial charge in [-0.15, -0.1) is 0 Å². The molecule has 0 aliphatic rings. The molecule has 0 aromatic heterocycles. The number of nitrogens with one attached hydrogen (secondary N) is 1. The van der Waals surface area contributed by atoms with E-state index in [-0.39, 0.29) is 20.0 Å². The van der Waals surface area contributed by atoms with Crippen LogP contribution in [0.5, 0.6) is 0 Å². The third kappa shape index (κ3) is 4.66. The summed E-state index contributed by atoms with van der Waals surface area (Å²) in [7, 11) is -5.81. The maximum Gasteiger partial charge on any atom is 0.267 e. The van der Waals surface area contributed by atoms with Crippen molar-refractivity contribution in [2.75, 3.05) is 14.1 Å². The zero-order chi connectivity index (χ0) is 20.6. The fourth-order valence-electron chi connectivity index (χ4n) is 1.97. The van der Waals surface area contributed by atoms with Gasteiger partial charge in [0.15, 0.2) is 0 Å². The average Bonchev–Trinajstić information content (AvgIpc) is 2.53. The van der Waals surface area contributed by atoms with Crippen LogP contribution in [0.4, 0.5) is 4.39 Å². The number of hydrogen-bond donors (Lipinski definition) is 1. The lowest BCUT2D eigenvalue weighted by Crippen LogP contribution is -2.31. The van der Waals surface area contributed by atoms with Gasteiger partial charge in [-0.05, 0) is 52.3 Å². The average molecular weight is 500 g/mol. The van der Waals surface area contributed by atoms with Crippen molar-refractivity contribution in [3.05, 3.63) is 57.3 Å². The Balaban J connectivity index is 2.42. The summed E-state index contributed by atoms with van der Waals surface area (Å²) in [6.07, 6.45) is 0. The molecule has 0 radical (unpaired) electrons. The molecule has 1 amide bonds. The number of carbonyl (C=O) groups excluding carboxylic acids is 1. The lowest BCUT2D eigenvalue weighted by atomic mass is 10.2. The molecule has 2 aromatic rings. The van der Waals surface area contributed by atoms with Gasteiger partial charge < -0.3 is 0 Å². The molecule has 0 aliphatic carbocycles. The fourth-order valence-corrected chi connectivity index (χ4v) is 5.01. The molecule has 2 aromatic carbocycles. The standard InChI is InChI=1S/C15H13BrClFN2O5S2/c1-20(2)27(24,25)14-7-9(3-5-11(14)16)15(21)19-26(22,23)13-6-4-10(17)8-12(13)18/h3-8H,1-2H3,(H,19,21). The van der Waals surface area contributed by atoms with Crippen molar-refractivity contribution in [1.29, 1.82) is 0 Å². The van der Waals surface area contributed by atoms with E-state index in [4.69, 9.17) is 11.6 Å². The van der Waals surface area contributed by atoms with Gasteiger partial charge in [-0.3, -0.25) is 4.79 Å². The molecule has 12 heteroatoms. The molecule has 27 heavy (non-hydrogen) atoms. The number of sulfonamides is 2. The third-order valence-corrected chi connectivity index (χ3v) is 7.77. The molecular weight excluding hydrogens is 487 g/mol. The van der Waals surface area contributed by atoms with E-state index in [9.17, 15) is 26.0 Å². The molecule has 0 fully saturated rings. The predicted octanol–water partition coefficient (Wildman–Crippen LogP) is 2.61. The minimum atomic E-state index is -4.53. The van der Waals surface area contributed by atoms with Crippen molar-refractivity contribution < 1.29 is 26.0 Å². The summed E-state index contributed by atoms with van der Waals surface area (Å²) >= 11 is 8.66. The van der Waals surface area contributed by atoms with Crippen molar-refractivity contribution in [2.45, 2.75) is 9.79 Å². The summed E-state index contributed by atoms with van der Waals surface area (Å²) in [6, 6.07) is 6.40. The lowest BCUT2D eigenvalue weighted by molar-refractivity contribution is 0.0981. The molecule has 7 nitrogen and oxygen atoms in total. The first-order valence-electron chi connectivity index (χ1n) is 7.10. The number of hydrogen-bond acceptors (Lipinski definition) is 5. The largest absolute Gasteiger partial charge is 0.268 e. The summed E-state index contributed by atoms with van der Waals surface area (Å²) in [6.45, 7) is 0. The van der Waals surface area contributed by atoms with Crippen LogP contribution in [0.1, 0.15) is 10.4 Å². The SMILES string of the molecule is CN(C)S(=O)(=O)c1cc(C(=O)NS(=O)(=O)c2ccc(Cl)cc2F)ccc1Br. The Hall–Kier alpha value is -1.53. The Morgan fingerprint density at radius 2 is 1.70 bits per heavy atom. The molecule has 0 spiro atoms. The van der Waals surface area contributed by atoms with Crippen LogP contribution in [-0.4, -0.2) is 41.1 Å². The van der Waals surface area contributed by atoms with Crippen LogP contribution in [0.2, 0.25) is 5.02 Å². The second kappa shape index (κ2) is 7.84. The lowest BCUT2D eigenvalue weighted by Gasteiger charge is -2.14. The van der Waals surface area contributed by atoms with Crippen LogP contribution < -0.4 is 4.72 Å². The smallest absolute Gasteiger partial charge is 0.267 e. The molecule has 0 atom stereocenters. The predicted molar refractivity (Wildman–Crippen MR) is 101 cm³/mol. The van der Waals surface area contributed by atoms with E-state index in [0.29, 0.717) is 0 Å². The second-order valence-electron chi connectivity index (χ2n) is 5.44. The summed E-state index contributed by atoms with van der Waals surface area (Å²) in [5.41, 5.74) is -0.239. The van der Waals surface area contributed by atoms with Crippen LogP contribution in [0.25, 0.3) is 0 Å². The van der Waals surface area contributed by atoms with Gasteiger partial charge in [0.2, 0.25) is 10.0 Å². The number of halogens is 3. The molecule has 0 unspecified atom stereocenters. The van der Waals surface area contributed by atoms with Gasteiger partial charge in [0, 0.05) is 29.2 Å². The van der Waals surface area contributed by atoms with E-state index in [1.54, 1.807) is 4.72 Å². The first kappa shape index (κ1) is 21.8. The normalized spacial score (nSPS) is 12.2. The molecule has 0 heterocycles. The number of rotatable bonds is 5. The summed E-state index contributed by atoms with van der Waals surface area (Å²) in [4.78, 5) is 11.3. The van der Waals surface area contributed by atoms with E-state index >= 15 is 0 Å². The first-order chi connectivity index (χ1) is 12.4. The summed E-state index contributed by atoms with van der Waals surface area (Å²) < 4.78 is 65.8. The Morgan fingerprint density at radius 3 is 2.26 bits per heavy atom. The first-order valence-corrected chi connectivity index (χ1v) is 11.2. The number of benzene rings is 2. The zero-order valence-electron chi connectivity index (χ0n) is 13.9. The van der Waals surface area contributed by atoms with Crippen LogP contribution in [0.15, 0.2) is 50.7 Å². The van der Waals surface area contributed by atoms with Crippen molar-refractivity contribution in [3.63, 3.8) is 0 Å². The number of nitrogens with zero attached hydrogens (tertiary/aromatic N) is 1. The van der Waals surface area contributed by atoms with Crippen LogP contribution in [-0.2, 0) is 20.0 Å². The second-order valence-corrected chi connectivity index (χ2v) is 10.5. The van der Waals surface area contributed by atoms with Gasteiger partial charge in [0.05, 0.1) is 4.90 Å². The van der Waals surface area contributed by atoms with Crippen LogP contribution >= 0.6 is 27.5 Å². The molecule has 0 saturated carbocycles. The Bertz CT molecular complexity index is 1120. The van der Waals surface area contributed by atoms with Gasteiger partial charge in [-0.2, -0.15) is 0 Å². The summed E-state index contributed by atoms with van der Waals surface area (Å²) in [5, 5.41) is -0.00998. The van der Waals surface area contributed by atoms with Crippen LogP contribution in [0.3, 0.4) is 0 Å². The van der Waals surface area contributed by atoms with E-state index in [1.807, 2.05) is 0 Å². The highest BCUT2D eigenvalue weighted by atomic mass is 79.9. The Morgan fingerprint density at radius 1 is 1.07 bits per heavy atom. The van der Waals surface area contributed by atoms with Gasteiger partial charge in [0.25, 0.3) is 15.9 Å². The minimum Gasteiger partial charge on any atom is -0.268 e. The Labute approximate surface area is 169 Å². The van der Waals surface area contributed by atoms with E-state index in [2.05, 4.69) is 15.9 Å². The molecular formula is C15H13BrClFN2O5S2. The molecule has 0 bridgehead atoms. The van der Waals surface area contributed by atoms with E-state index in [1.165, 1.54) is 26.2 Å². The number of carbonyl (C=O) groups is 1. The molecule has 1 N–H and O–H groups in total. The van der Waals surface area contributed by atoms with Crippen molar-refractivity contribution in [2.24, 2.45) is 0 Å². The zero-order valence-corrected chi connectivity index (χ0v) is 17.9. The topological polar surface area (TPSA) is 101 Å². The maximum atomic E-state index is 13.9. The highest BCUT2D eigenvalue weighted by Crippen LogP contribution is 2.26. The quantitative estimate of drug-likeness (QED) is 0.682. The van der Waals surface area contributed by atoms with Crippen molar-refractivity contribution >= 4 is 53.5 Å². The molecule has 0 saturated heterocycles.